The van der Waals surface area contributed by atoms with Crippen LogP contribution in [0.25, 0.3) is 11.0 Å². The van der Waals surface area contributed by atoms with Gasteiger partial charge >= 0.3 is 0 Å². The molecule has 4 heteroatoms. The summed E-state index contributed by atoms with van der Waals surface area (Å²) in [4.78, 5) is 1.30. The number of aliphatic hydroxyl groups is 1. The van der Waals surface area contributed by atoms with Crippen LogP contribution < -0.4 is 0 Å². The van der Waals surface area contributed by atoms with Crippen molar-refractivity contribution in [3.05, 3.63) is 24.3 Å². The molecule has 1 heterocycles. The average molecular weight is 163 g/mol. The molecule has 1 atom stereocenters. The molecule has 4 nitrogen and oxygen atoms in total. The Bertz CT molecular complexity index is 361. The molecular weight excluding hydrogens is 154 g/mol. The Kier molecular flexibility index (Phi) is 1.55. The first kappa shape index (κ1) is 7.24. The van der Waals surface area contributed by atoms with Crippen molar-refractivity contribution in [1.82, 2.24) is 15.0 Å². The van der Waals surface area contributed by atoms with Gasteiger partial charge in [0, 0.05) is 0 Å². The Morgan fingerprint density at radius 2 is 1.75 bits per heavy atom. The van der Waals surface area contributed by atoms with Gasteiger partial charge in [-0.15, -0.1) is 0 Å². The molecule has 2 rings (SSSR count). The molecule has 1 aromatic heterocycles. The number of hydrogen-bond acceptors (Lipinski definition) is 3. The maximum absolute atomic E-state index is 9.16. The molecule has 0 amide bonds. The summed E-state index contributed by atoms with van der Waals surface area (Å²) in [6.07, 6.45) is -0.669. The van der Waals surface area contributed by atoms with Gasteiger partial charge in [-0.2, -0.15) is 15.0 Å². The van der Waals surface area contributed by atoms with E-state index in [9.17, 15) is 0 Å². The molecule has 2 aromatic rings. The molecule has 12 heavy (non-hydrogen) atoms. The van der Waals surface area contributed by atoms with Gasteiger partial charge in [-0.25, -0.2) is 0 Å². The van der Waals surface area contributed by atoms with Gasteiger partial charge in [0.2, 0.25) is 0 Å². The van der Waals surface area contributed by atoms with Gasteiger partial charge in [0.15, 0.2) is 6.23 Å². The minimum Gasteiger partial charge on any atom is -0.370 e. The SMILES string of the molecule is C[C@@H](O)n1nc2ccccc2n1. The minimum atomic E-state index is -0.669. The number of rotatable bonds is 1. The monoisotopic (exact) mass is 163 g/mol. The largest absolute Gasteiger partial charge is 0.370 e. The zero-order valence-electron chi connectivity index (χ0n) is 6.68. The highest BCUT2D eigenvalue weighted by Gasteiger charge is 2.03. The smallest absolute Gasteiger partial charge is 0.163 e. The lowest BCUT2D eigenvalue weighted by molar-refractivity contribution is 0.0959. The Morgan fingerprint density at radius 3 is 2.17 bits per heavy atom. The van der Waals surface area contributed by atoms with E-state index in [2.05, 4.69) is 10.2 Å². The molecule has 1 aromatic carbocycles. The second-order valence-corrected chi connectivity index (χ2v) is 2.64. The van der Waals surface area contributed by atoms with E-state index in [1.54, 1.807) is 6.92 Å². The van der Waals surface area contributed by atoms with Crippen LogP contribution in [0, 0.1) is 0 Å². The second-order valence-electron chi connectivity index (χ2n) is 2.64. The van der Waals surface area contributed by atoms with Gasteiger partial charge in [0.05, 0.1) is 0 Å². The van der Waals surface area contributed by atoms with Crippen molar-refractivity contribution in [2.24, 2.45) is 0 Å². The van der Waals surface area contributed by atoms with E-state index in [4.69, 9.17) is 5.11 Å². The van der Waals surface area contributed by atoms with Crippen molar-refractivity contribution >= 4 is 11.0 Å². The number of aliphatic hydroxyl groups excluding tert-OH is 1. The maximum atomic E-state index is 9.16. The standard InChI is InChI=1S/C8H9N3O/c1-6(12)11-9-7-4-2-3-5-8(7)10-11/h2-6,12H,1H3/t6-/m1/s1. The zero-order valence-corrected chi connectivity index (χ0v) is 6.68. The van der Waals surface area contributed by atoms with Gasteiger partial charge in [-0.1, -0.05) is 12.1 Å². The molecule has 0 aliphatic heterocycles. The molecule has 0 saturated heterocycles. The first-order valence-electron chi connectivity index (χ1n) is 3.77. The Balaban J connectivity index is 2.62. The van der Waals surface area contributed by atoms with E-state index in [-0.39, 0.29) is 0 Å². The average Bonchev–Trinajstić information content (AvgIpc) is 2.46. The molecule has 0 aliphatic carbocycles. The van der Waals surface area contributed by atoms with Crippen LogP contribution in [0.1, 0.15) is 13.2 Å². The topological polar surface area (TPSA) is 50.9 Å². The maximum Gasteiger partial charge on any atom is 0.163 e. The van der Waals surface area contributed by atoms with E-state index in [0.29, 0.717) is 0 Å². The summed E-state index contributed by atoms with van der Waals surface area (Å²) in [5, 5.41) is 17.3. The number of nitrogens with zero attached hydrogens (tertiary/aromatic N) is 3. The predicted octanol–water partition coefficient (Wildman–Crippen LogP) is 0.942. The second kappa shape index (κ2) is 2.57. The lowest BCUT2D eigenvalue weighted by Crippen LogP contribution is -2.06. The molecule has 0 bridgehead atoms. The van der Waals surface area contributed by atoms with E-state index in [1.807, 2.05) is 24.3 Å². The normalized spacial score (nSPS) is 13.5. The molecule has 0 radical (unpaired) electrons. The molecule has 1 N–H and O–H groups in total. The Hall–Kier alpha value is -1.42. The van der Waals surface area contributed by atoms with Crippen molar-refractivity contribution in [2.75, 3.05) is 0 Å². The number of fused-ring (bicyclic) bond motifs is 1. The van der Waals surface area contributed by atoms with Crippen molar-refractivity contribution in [3.63, 3.8) is 0 Å². The van der Waals surface area contributed by atoms with E-state index >= 15 is 0 Å². The zero-order chi connectivity index (χ0) is 8.55. The number of hydrogen-bond donors (Lipinski definition) is 1. The van der Waals surface area contributed by atoms with Crippen LogP contribution in [-0.4, -0.2) is 20.1 Å². The summed E-state index contributed by atoms with van der Waals surface area (Å²) in [5.74, 6) is 0. The molecule has 0 saturated carbocycles. The third-order valence-electron chi connectivity index (χ3n) is 1.64. The molecule has 0 unspecified atom stereocenters. The first-order chi connectivity index (χ1) is 5.77. The summed E-state index contributed by atoms with van der Waals surface area (Å²) in [6.45, 7) is 1.62. The summed E-state index contributed by atoms with van der Waals surface area (Å²) in [6, 6.07) is 7.51. The lowest BCUT2D eigenvalue weighted by Gasteiger charge is -1.98. The molecule has 0 spiro atoms. The quantitative estimate of drug-likeness (QED) is 0.680. The third-order valence-corrected chi connectivity index (χ3v) is 1.64. The van der Waals surface area contributed by atoms with Crippen molar-refractivity contribution in [2.45, 2.75) is 13.2 Å². The minimum absolute atomic E-state index is 0.669. The molecule has 0 fully saturated rings. The van der Waals surface area contributed by atoms with Gasteiger partial charge < -0.3 is 5.11 Å². The summed E-state index contributed by atoms with van der Waals surface area (Å²) >= 11 is 0. The van der Waals surface area contributed by atoms with Crippen LogP contribution in [-0.2, 0) is 0 Å². The van der Waals surface area contributed by atoms with Crippen molar-refractivity contribution < 1.29 is 5.11 Å². The van der Waals surface area contributed by atoms with E-state index in [0.717, 1.165) is 11.0 Å². The van der Waals surface area contributed by atoms with Gasteiger partial charge in [-0.05, 0) is 19.1 Å². The summed E-state index contributed by atoms with van der Waals surface area (Å²) in [5.41, 5.74) is 1.61. The highest BCUT2D eigenvalue weighted by molar-refractivity contribution is 5.72. The van der Waals surface area contributed by atoms with Gasteiger partial charge in [-0.3, -0.25) is 0 Å². The Labute approximate surface area is 69.4 Å². The van der Waals surface area contributed by atoms with Crippen molar-refractivity contribution in [3.8, 4) is 0 Å². The highest BCUT2D eigenvalue weighted by atomic mass is 16.3. The number of benzene rings is 1. The van der Waals surface area contributed by atoms with E-state index in [1.165, 1.54) is 4.80 Å². The molecule has 0 aliphatic rings. The summed E-state index contributed by atoms with van der Waals surface area (Å²) < 4.78 is 0. The summed E-state index contributed by atoms with van der Waals surface area (Å²) in [7, 11) is 0. The predicted molar refractivity (Wildman–Crippen MR) is 44.5 cm³/mol. The Morgan fingerprint density at radius 1 is 1.25 bits per heavy atom. The number of aromatic nitrogens is 3. The van der Waals surface area contributed by atoms with Crippen LogP contribution in [0.2, 0.25) is 0 Å². The lowest BCUT2D eigenvalue weighted by atomic mass is 10.3. The van der Waals surface area contributed by atoms with Crippen LogP contribution in [0.5, 0.6) is 0 Å². The van der Waals surface area contributed by atoms with Gasteiger partial charge in [0.25, 0.3) is 0 Å². The van der Waals surface area contributed by atoms with Crippen molar-refractivity contribution in [1.29, 1.82) is 0 Å². The van der Waals surface area contributed by atoms with E-state index < -0.39 is 6.23 Å². The van der Waals surface area contributed by atoms with Gasteiger partial charge in [0.1, 0.15) is 11.0 Å². The first-order valence-corrected chi connectivity index (χ1v) is 3.77. The van der Waals surface area contributed by atoms with Crippen LogP contribution >= 0.6 is 0 Å². The van der Waals surface area contributed by atoms with Crippen LogP contribution in [0.4, 0.5) is 0 Å². The fourth-order valence-corrected chi connectivity index (χ4v) is 1.04. The van der Waals surface area contributed by atoms with Crippen LogP contribution in [0.15, 0.2) is 24.3 Å². The molecular formula is C8H9N3O. The fourth-order valence-electron chi connectivity index (χ4n) is 1.04. The van der Waals surface area contributed by atoms with Crippen LogP contribution in [0.3, 0.4) is 0 Å². The fraction of sp³-hybridized carbons (Fsp3) is 0.250. The highest BCUT2D eigenvalue weighted by Crippen LogP contribution is 2.08. The molecule has 62 valence electrons. The third kappa shape index (κ3) is 1.06.